The van der Waals surface area contributed by atoms with E-state index in [1.165, 1.54) is 85.5 Å². The normalized spacial score (nSPS) is 30.1. The molecule has 13 atom stereocenters. The minimum atomic E-state index is -4.52. The molecule has 3 unspecified atom stereocenters. The molecule has 0 bridgehead atoms. The number of likely N-dealkylation sites (N-methyl/N-ethyl adjacent to an activating group) is 6. The number of ether oxygens (including phenoxy) is 1. The van der Waals surface area contributed by atoms with Crippen LogP contribution in [0.25, 0.3) is 0 Å². The van der Waals surface area contributed by atoms with Gasteiger partial charge in [0, 0.05) is 73.8 Å². The molecule has 7 fully saturated rings. The highest BCUT2D eigenvalue weighted by Crippen LogP contribution is 2.44. The highest BCUT2D eigenvalue weighted by Gasteiger charge is 2.53. The Bertz CT molecular complexity index is 3100. The SMILES string of the molecule is CC[C@H](C)[C@@H]1NC(=O)[C@H](CC(C)C)N(C)C(=O)C[C@@H](C(=O)N2CCCCC2)N(C)C(=O)[C@H](C(C)C)N(C)C(=O)C2(CCCC2)NC(=O)[C@@H]2CCCN2C(=O)[C@H](CCC2CCC(C(F)(F)F)C(Cl)C2)NC(=O)CN(C)C(=O)[C@H](CC2CCCCC2)N(C)C(=O)[C@@H]2CCN2C(=O)[C@H](COCC(C)(C)O)N(C)C1=O. The largest absolute Gasteiger partial charge is 0.393 e. The van der Waals surface area contributed by atoms with Gasteiger partial charge in [-0.2, -0.15) is 13.2 Å². The Morgan fingerprint density at radius 2 is 1.25 bits per heavy atom. The summed E-state index contributed by atoms with van der Waals surface area (Å²) in [5, 5.41) is 18.4. The van der Waals surface area contributed by atoms with Crippen molar-refractivity contribution < 1.29 is 80.5 Å². The average molecular weight is 1520 g/mol. The lowest BCUT2D eigenvalue weighted by Crippen LogP contribution is -2.66. The first-order chi connectivity index (χ1) is 49.7. The van der Waals surface area contributed by atoms with Crippen LogP contribution >= 0.6 is 11.6 Å². The van der Waals surface area contributed by atoms with Gasteiger partial charge in [-0.1, -0.05) is 92.9 Å². The van der Waals surface area contributed by atoms with E-state index in [2.05, 4.69) is 16.0 Å². The fourth-order valence-corrected chi connectivity index (χ4v) is 17.5. The number of rotatable bonds is 15. The van der Waals surface area contributed by atoms with Crippen LogP contribution in [0.5, 0.6) is 0 Å². The molecule has 3 saturated carbocycles. The van der Waals surface area contributed by atoms with Crippen molar-refractivity contribution in [2.24, 2.45) is 35.5 Å². The van der Waals surface area contributed by atoms with Gasteiger partial charge in [-0.15, -0.1) is 11.6 Å². The molecular formula is C76H124ClF3N12O14. The molecule has 26 nitrogen and oxygen atoms in total. The zero-order valence-electron chi connectivity index (χ0n) is 65.4. The van der Waals surface area contributed by atoms with Gasteiger partial charge >= 0.3 is 6.18 Å². The second-order valence-corrected chi connectivity index (χ2v) is 33.8. The molecule has 4 heterocycles. The third-order valence-electron chi connectivity index (χ3n) is 23.8. The fraction of sp³-hybridized carbons (Fsp3) is 0.842. The number of nitrogens with one attached hydrogen (secondary N) is 3. The summed E-state index contributed by atoms with van der Waals surface area (Å²) >= 11 is 6.42. The molecule has 0 aromatic carbocycles. The summed E-state index contributed by atoms with van der Waals surface area (Å²) < 4.78 is 48.2. The summed E-state index contributed by atoms with van der Waals surface area (Å²) in [7, 11) is 8.53. The summed E-state index contributed by atoms with van der Waals surface area (Å²) in [6.45, 7) is 13.2. The van der Waals surface area contributed by atoms with Crippen LogP contribution in [0.4, 0.5) is 13.2 Å². The first kappa shape index (κ1) is 86.9. The monoisotopic (exact) mass is 1520 g/mol. The van der Waals surface area contributed by atoms with E-state index in [0.29, 0.717) is 51.6 Å². The average Bonchev–Trinajstić information content (AvgIpc) is 1.46. The van der Waals surface area contributed by atoms with Gasteiger partial charge in [-0.25, -0.2) is 0 Å². The molecule has 0 radical (unpaired) electrons. The lowest BCUT2D eigenvalue weighted by molar-refractivity contribution is -0.182. The Morgan fingerprint density at radius 1 is 0.623 bits per heavy atom. The van der Waals surface area contributed by atoms with E-state index in [0.717, 1.165) is 48.3 Å². The van der Waals surface area contributed by atoms with Gasteiger partial charge in [0.05, 0.1) is 37.7 Å². The molecule has 4 saturated heterocycles. The Morgan fingerprint density at radius 3 is 1.82 bits per heavy atom. The third kappa shape index (κ3) is 21.6. The van der Waals surface area contributed by atoms with Crippen molar-refractivity contribution in [3.63, 3.8) is 0 Å². The van der Waals surface area contributed by atoms with Crippen LogP contribution in [-0.4, -0.2) is 285 Å². The number of carbonyl (C=O) groups is 12. The number of halogens is 4. The smallest absolute Gasteiger partial charge is 0.388 e. The number of likely N-dealkylation sites (tertiary alicyclic amines) is 1. The van der Waals surface area contributed by atoms with E-state index in [1.807, 2.05) is 20.8 Å². The number of piperidine rings is 1. The number of amides is 12. The quantitative estimate of drug-likeness (QED) is 0.140. The van der Waals surface area contributed by atoms with Crippen LogP contribution in [0.2, 0.25) is 0 Å². The molecule has 7 rings (SSSR count). The number of fused-ring (bicyclic) bond motifs is 2. The van der Waals surface area contributed by atoms with Gasteiger partial charge in [0.15, 0.2) is 0 Å². The van der Waals surface area contributed by atoms with Crippen molar-refractivity contribution in [2.75, 3.05) is 88.2 Å². The molecule has 1 spiro atoms. The number of carbonyl (C=O) groups excluding carboxylic acids is 12. The number of hydrogen-bond donors (Lipinski definition) is 4. The highest BCUT2D eigenvalue weighted by molar-refractivity contribution is 6.21. The highest BCUT2D eigenvalue weighted by atomic mass is 35.5. The van der Waals surface area contributed by atoms with Gasteiger partial charge in [-0.3, -0.25) is 57.5 Å². The van der Waals surface area contributed by atoms with Crippen LogP contribution in [0, 0.1) is 35.5 Å². The topological polar surface area (TPSA) is 300 Å². The van der Waals surface area contributed by atoms with Crippen molar-refractivity contribution >= 4 is 82.5 Å². The molecule has 106 heavy (non-hydrogen) atoms. The summed E-state index contributed by atoms with van der Waals surface area (Å²) in [4.78, 5) is 194. The van der Waals surface area contributed by atoms with Gasteiger partial charge in [0.1, 0.15) is 59.9 Å². The Kier molecular flexibility index (Phi) is 31.0. The van der Waals surface area contributed by atoms with E-state index >= 15 is 52.7 Å². The van der Waals surface area contributed by atoms with E-state index in [-0.39, 0.29) is 108 Å². The molecule has 3 aliphatic carbocycles. The van der Waals surface area contributed by atoms with E-state index in [4.69, 9.17) is 16.3 Å². The van der Waals surface area contributed by atoms with Crippen LogP contribution in [0.3, 0.4) is 0 Å². The molecule has 4 N–H and O–H groups in total. The molecule has 600 valence electrons. The van der Waals surface area contributed by atoms with Gasteiger partial charge < -0.3 is 69.9 Å². The van der Waals surface area contributed by atoms with Crippen molar-refractivity contribution in [3.8, 4) is 0 Å². The predicted molar refractivity (Wildman–Crippen MR) is 391 cm³/mol. The van der Waals surface area contributed by atoms with Crippen LogP contribution < -0.4 is 16.0 Å². The second kappa shape index (κ2) is 37.8. The molecule has 12 amide bonds. The van der Waals surface area contributed by atoms with Crippen LogP contribution in [0.1, 0.15) is 209 Å². The lowest BCUT2D eigenvalue weighted by atomic mass is 9.78. The molecule has 30 heteroatoms. The first-order valence-electron chi connectivity index (χ1n) is 39.1. The molecular weight excluding hydrogens is 1400 g/mol. The van der Waals surface area contributed by atoms with Crippen molar-refractivity contribution in [3.05, 3.63) is 0 Å². The minimum absolute atomic E-state index is 0.00733. The number of alkyl halides is 4. The van der Waals surface area contributed by atoms with Crippen LogP contribution in [-0.2, 0) is 62.3 Å². The first-order valence-corrected chi connectivity index (χ1v) is 39.6. The lowest BCUT2D eigenvalue weighted by Gasteiger charge is -2.46. The van der Waals surface area contributed by atoms with E-state index in [9.17, 15) is 23.1 Å². The minimum Gasteiger partial charge on any atom is -0.388 e. The van der Waals surface area contributed by atoms with Gasteiger partial charge in [0.2, 0.25) is 70.9 Å². The van der Waals surface area contributed by atoms with Crippen LogP contribution in [0.15, 0.2) is 0 Å². The van der Waals surface area contributed by atoms with Crippen molar-refractivity contribution in [1.82, 2.24) is 60.0 Å². The Labute approximate surface area is 630 Å². The predicted octanol–water partition coefficient (Wildman–Crippen LogP) is 5.86. The summed E-state index contributed by atoms with van der Waals surface area (Å²) in [5.74, 6) is -11.5. The summed E-state index contributed by atoms with van der Waals surface area (Å²) in [5.41, 5.74) is -2.97. The standard InChI is InChI=1S/C76H124ClF3N12O14/c1-15-48(6)62-71(102)88(13)59(44-106-45-74(7,8)105)70(101)92-38-32-55(92)68(99)86(11)57(41-49-25-18-16-19-26-49)67(98)84(9)43-60(93)81-53(31-29-50-28-30-51(52(77)40-50)76(78,79)80)66(97)91-37-24-27-54(91)65(96)83-75(33-20-21-34-75)73(104)89(14)63(47(4)5)72(103)87(12)58(69(100)90-35-22-17-23-36-90)42-61(94)85(10)56(39-46(2)3)64(95)82-62/h46-59,62-63,105H,15-45H2,1-14H3,(H,81,93)(H,82,95)(H,83,96)/t48-,50?,51?,52?,53-,54-,55-,56-,57-,58-,59-,62-,63-/m0/s1. The fourth-order valence-electron chi connectivity index (χ4n) is 17.0. The Balaban J connectivity index is 1.31. The second-order valence-electron chi connectivity index (χ2n) is 33.2. The zero-order valence-corrected chi connectivity index (χ0v) is 66.2. The summed E-state index contributed by atoms with van der Waals surface area (Å²) in [6.07, 6.45) is 3.94. The number of hydrogen-bond acceptors (Lipinski definition) is 14. The number of nitrogens with zero attached hydrogens (tertiary/aromatic N) is 9. The third-order valence-corrected chi connectivity index (χ3v) is 24.3. The van der Waals surface area contributed by atoms with Crippen molar-refractivity contribution in [2.45, 2.75) is 287 Å². The van der Waals surface area contributed by atoms with E-state index in [1.54, 1.807) is 25.7 Å². The van der Waals surface area contributed by atoms with Gasteiger partial charge in [-0.05, 0) is 140 Å². The molecule has 0 aromatic heterocycles. The molecule has 7 aliphatic rings. The maximum atomic E-state index is 15.5. The van der Waals surface area contributed by atoms with Crippen molar-refractivity contribution in [1.29, 1.82) is 0 Å². The number of aliphatic hydroxyl groups is 1. The zero-order chi connectivity index (χ0) is 78.6. The van der Waals surface area contributed by atoms with Gasteiger partial charge in [0.25, 0.3) is 0 Å². The maximum Gasteiger partial charge on any atom is 0.393 e. The van der Waals surface area contributed by atoms with E-state index < -0.39 is 185 Å². The molecule has 4 aliphatic heterocycles. The summed E-state index contributed by atoms with van der Waals surface area (Å²) in [6, 6.07) is -11.6. The molecule has 0 aromatic rings. The Hall–Kier alpha value is -6.36. The maximum absolute atomic E-state index is 15.5.